The molecule has 0 radical (unpaired) electrons. The van der Waals surface area contributed by atoms with Crippen molar-refractivity contribution >= 4 is 5.91 Å². The van der Waals surface area contributed by atoms with Crippen molar-refractivity contribution in [3.05, 3.63) is 0 Å². The van der Waals surface area contributed by atoms with Gasteiger partial charge in [0.15, 0.2) is 0 Å². The normalized spacial score (nSPS) is 30.4. The fourth-order valence-electron chi connectivity index (χ4n) is 3.31. The smallest absolute Gasteiger partial charge is 0.221 e. The van der Waals surface area contributed by atoms with E-state index in [0.29, 0.717) is 24.4 Å². The summed E-state index contributed by atoms with van der Waals surface area (Å²) >= 11 is 0. The lowest BCUT2D eigenvalue weighted by Crippen LogP contribution is -2.51. The third kappa shape index (κ3) is 4.72. The molecule has 5 heteroatoms. The quantitative estimate of drug-likeness (QED) is 0.642. The van der Waals surface area contributed by atoms with Crippen LogP contribution >= 0.6 is 0 Å². The highest BCUT2D eigenvalue weighted by Crippen LogP contribution is 2.29. The average Bonchev–Trinajstić information content (AvgIpc) is 2.94. The van der Waals surface area contributed by atoms with Crippen molar-refractivity contribution in [2.24, 2.45) is 5.92 Å². The standard InChI is InChI=1S/C15H29N3O2/c1-2-7-18-15(19)6-8-16-13-5-3-4-12(13)14-11-20-10-9-17-14/h12-14,16-17H,2-11H2,1H3,(H,18,19). The van der Waals surface area contributed by atoms with Crippen molar-refractivity contribution in [3.63, 3.8) is 0 Å². The van der Waals surface area contributed by atoms with Gasteiger partial charge in [0.2, 0.25) is 5.91 Å². The molecule has 0 bridgehead atoms. The van der Waals surface area contributed by atoms with Gasteiger partial charge in [0.05, 0.1) is 13.2 Å². The van der Waals surface area contributed by atoms with E-state index in [1.165, 1.54) is 19.3 Å². The Morgan fingerprint density at radius 1 is 1.35 bits per heavy atom. The summed E-state index contributed by atoms with van der Waals surface area (Å²) in [5.41, 5.74) is 0. The van der Waals surface area contributed by atoms with E-state index >= 15 is 0 Å². The molecular formula is C15H29N3O2. The van der Waals surface area contributed by atoms with Gasteiger partial charge in [-0.15, -0.1) is 0 Å². The first-order valence-corrected chi connectivity index (χ1v) is 8.12. The molecule has 3 unspecified atom stereocenters. The zero-order valence-electron chi connectivity index (χ0n) is 12.6. The molecule has 1 heterocycles. The summed E-state index contributed by atoms with van der Waals surface area (Å²) < 4.78 is 5.58. The SMILES string of the molecule is CCCNC(=O)CCNC1CCCC1C1COCCN1. The maximum absolute atomic E-state index is 11.6. The number of hydrogen-bond donors (Lipinski definition) is 3. The first-order valence-electron chi connectivity index (χ1n) is 8.12. The molecule has 3 N–H and O–H groups in total. The largest absolute Gasteiger partial charge is 0.379 e. The number of amides is 1. The van der Waals surface area contributed by atoms with Crippen molar-refractivity contribution in [3.8, 4) is 0 Å². The van der Waals surface area contributed by atoms with Crippen molar-refractivity contribution in [1.82, 2.24) is 16.0 Å². The number of nitrogens with one attached hydrogen (secondary N) is 3. The molecule has 116 valence electrons. The van der Waals surface area contributed by atoms with Crippen LogP contribution in [-0.4, -0.2) is 50.8 Å². The Kier molecular flexibility index (Phi) is 6.76. The van der Waals surface area contributed by atoms with Crippen LogP contribution < -0.4 is 16.0 Å². The van der Waals surface area contributed by atoms with E-state index in [0.717, 1.165) is 39.3 Å². The molecule has 5 nitrogen and oxygen atoms in total. The first kappa shape index (κ1) is 15.7. The molecule has 20 heavy (non-hydrogen) atoms. The molecular weight excluding hydrogens is 254 g/mol. The van der Waals surface area contributed by atoms with Gasteiger partial charge in [0, 0.05) is 38.1 Å². The third-order valence-corrected chi connectivity index (χ3v) is 4.37. The second kappa shape index (κ2) is 8.60. The Balaban J connectivity index is 1.67. The minimum Gasteiger partial charge on any atom is -0.379 e. The van der Waals surface area contributed by atoms with E-state index in [9.17, 15) is 4.79 Å². The molecule has 0 aromatic carbocycles. The molecule has 1 aliphatic heterocycles. The summed E-state index contributed by atoms with van der Waals surface area (Å²) in [6.07, 6.45) is 5.34. The van der Waals surface area contributed by atoms with Crippen LogP contribution in [0.2, 0.25) is 0 Å². The fourth-order valence-corrected chi connectivity index (χ4v) is 3.31. The highest BCUT2D eigenvalue weighted by atomic mass is 16.5. The van der Waals surface area contributed by atoms with Crippen LogP contribution in [0.4, 0.5) is 0 Å². The van der Waals surface area contributed by atoms with Crippen LogP contribution in [0.15, 0.2) is 0 Å². The third-order valence-electron chi connectivity index (χ3n) is 4.37. The Bertz CT molecular complexity index is 293. The molecule has 3 atom stereocenters. The lowest BCUT2D eigenvalue weighted by atomic mass is 9.94. The molecule has 0 aromatic rings. The minimum absolute atomic E-state index is 0.160. The monoisotopic (exact) mass is 283 g/mol. The zero-order valence-corrected chi connectivity index (χ0v) is 12.6. The minimum atomic E-state index is 0.160. The average molecular weight is 283 g/mol. The number of carbonyl (C=O) groups is 1. The molecule has 1 amide bonds. The van der Waals surface area contributed by atoms with E-state index in [2.05, 4.69) is 22.9 Å². The van der Waals surface area contributed by atoms with Crippen LogP contribution in [0.3, 0.4) is 0 Å². The van der Waals surface area contributed by atoms with Crippen LogP contribution in [-0.2, 0) is 9.53 Å². The summed E-state index contributed by atoms with van der Waals surface area (Å²) in [4.78, 5) is 11.6. The molecule has 2 aliphatic rings. The zero-order chi connectivity index (χ0) is 14.2. The van der Waals surface area contributed by atoms with Crippen LogP contribution in [0.1, 0.15) is 39.0 Å². The van der Waals surface area contributed by atoms with Crippen LogP contribution in [0.25, 0.3) is 0 Å². The van der Waals surface area contributed by atoms with E-state index in [-0.39, 0.29) is 5.91 Å². The Hall–Kier alpha value is -0.650. The topological polar surface area (TPSA) is 62.4 Å². The lowest BCUT2D eigenvalue weighted by Gasteiger charge is -2.33. The summed E-state index contributed by atoms with van der Waals surface area (Å²) in [6, 6.07) is 1.02. The number of hydrogen-bond acceptors (Lipinski definition) is 4. The van der Waals surface area contributed by atoms with Gasteiger partial charge in [-0.3, -0.25) is 4.79 Å². The van der Waals surface area contributed by atoms with E-state index < -0.39 is 0 Å². The summed E-state index contributed by atoms with van der Waals surface area (Å²) in [5.74, 6) is 0.807. The van der Waals surface area contributed by atoms with Crippen molar-refractivity contribution in [1.29, 1.82) is 0 Å². The predicted molar refractivity (Wildman–Crippen MR) is 79.7 cm³/mol. The summed E-state index contributed by atoms with van der Waals surface area (Å²) in [6.45, 7) is 6.27. The van der Waals surface area contributed by atoms with E-state index in [4.69, 9.17) is 4.74 Å². The van der Waals surface area contributed by atoms with Gasteiger partial charge in [-0.2, -0.15) is 0 Å². The first-order chi connectivity index (χ1) is 9.81. The maximum Gasteiger partial charge on any atom is 0.221 e. The van der Waals surface area contributed by atoms with Gasteiger partial charge in [-0.05, 0) is 25.2 Å². The second-order valence-electron chi connectivity index (χ2n) is 5.89. The van der Waals surface area contributed by atoms with Gasteiger partial charge in [0.25, 0.3) is 0 Å². The Morgan fingerprint density at radius 2 is 2.25 bits per heavy atom. The van der Waals surface area contributed by atoms with E-state index in [1.54, 1.807) is 0 Å². The molecule has 2 fully saturated rings. The predicted octanol–water partition coefficient (Wildman–Crippen LogP) is 0.649. The van der Waals surface area contributed by atoms with Gasteiger partial charge >= 0.3 is 0 Å². The molecule has 1 aliphatic carbocycles. The van der Waals surface area contributed by atoms with E-state index in [1.807, 2.05) is 0 Å². The van der Waals surface area contributed by atoms with Crippen molar-refractivity contribution < 1.29 is 9.53 Å². The summed E-state index contributed by atoms with van der Waals surface area (Å²) in [5, 5.41) is 10.1. The Labute approximate surface area is 122 Å². The number of ether oxygens (including phenoxy) is 1. The lowest BCUT2D eigenvalue weighted by molar-refractivity contribution is -0.121. The van der Waals surface area contributed by atoms with Crippen molar-refractivity contribution in [2.45, 2.75) is 51.1 Å². The number of carbonyl (C=O) groups excluding carboxylic acids is 1. The van der Waals surface area contributed by atoms with Crippen LogP contribution in [0.5, 0.6) is 0 Å². The van der Waals surface area contributed by atoms with Crippen LogP contribution in [0, 0.1) is 5.92 Å². The van der Waals surface area contributed by atoms with Gasteiger partial charge in [0.1, 0.15) is 0 Å². The highest BCUT2D eigenvalue weighted by Gasteiger charge is 2.34. The molecule has 2 rings (SSSR count). The molecule has 0 spiro atoms. The molecule has 1 saturated heterocycles. The Morgan fingerprint density at radius 3 is 3.00 bits per heavy atom. The molecule has 1 saturated carbocycles. The van der Waals surface area contributed by atoms with Gasteiger partial charge in [-0.25, -0.2) is 0 Å². The maximum atomic E-state index is 11.6. The fraction of sp³-hybridized carbons (Fsp3) is 0.933. The highest BCUT2D eigenvalue weighted by molar-refractivity contribution is 5.75. The number of morpholine rings is 1. The van der Waals surface area contributed by atoms with Gasteiger partial charge in [-0.1, -0.05) is 13.3 Å². The van der Waals surface area contributed by atoms with Gasteiger partial charge < -0.3 is 20.7 Å². The summed E-state index contributed by atoms with van der Waals surface area (Å²) in [7, 11) is 0. The second-order valence-corrected chi connectivity index (χ2v) is 5.89. The number of rotatable bonds is 7. The van der Waals surface area contributed by atoms with Crippen molar-refractivity contribution in [2.75, 3.05) is 32.8 Å². The molecule has 0 aromatic heterocycles.